The van der Waals surface area contributed by atoms with Gasteiger partial charge in [-0.15, -0.1) is 0 Å². The Kier molecular flexibility index (Phi) is 4.68. The largest absolute Gasteiger partial charge is 0.343 e. The maximum atomic E-state index is 11.2. The molecule has 4 heteroatoms. The summed E-state index contributed by atoms with van der Waals surface area (Å²) < 4.78 is 2.29. The molecule has 0 saturated carbocycles. The van der Waals surface area contributed by atoms with Crippen LogP contribution in [0, 0.1) is 0 Å². The molecular weight excluding hydrogens is 238 g/mol. The Hall–Kier alpha value is -1.68. The van der Waals surface area contributed by atoms with Gasteiger partial charge in [0.15, 0.2) is 19.3 Å². The van der Waals surface area contributed by atoms with Crippen LogP contribution in [-0.4, -0.2) is 54.3 Å². The fraction of sp³-hybridized carbons (Fsp3) is 0.467. The summed E-state index contributed by atoms with van der Waals surface area (Å²) in [7, 11) is 2.09. The molecule has 0 aromatic heterocycles. The molecule has 0 spiro atoms. The van der Waals surface area contributed by atoms with Gasteiger partial charge in [0.05, 0.1) is 6.54 Å². The zero-order valence-corrected chi connectivity index (χ0v) is 11.7. The van der Waals surface area contributed by atoms with Gasteiger partial charge in [0.25, 0.3) is 0 Å². The van der Waals surface area contributed by atoms with Crippen LogP contribution in [0.5, 0.6) is 0 Å². The van der Waals surface area contributed by atoms with Crippen molar-refractivity contribution in [1.29, 1.82) is 0 Å². The molecule has 1 heterocycles. The van der Waals surface area contributed by atoms with Crippen LogP contribution in [0.2, 0.25) is 0 Å². The van der Waals surface area contributed by atoms with Gasteiger partial charge in [0, 0.05) is 19.0 Å². The van der Waals surface area contributed by atoms with Gasteiger partial charge in [-0.2, -0.15) is 0 Å². The smallest absolute Gasteiger partial charge is 0.217 e. The van der Waals surface area contributed by atoms with Crippen molar-refractivity contribution in [2.24, 2.45) is 0 Å². The van der Waals surface area contributed by atoms with E-state index >= 15 is 0 Å². The average Bonchev–Trinajstić information content (AvgIpc) is 2.52. The highest BCUT2D eigenvalue weighted by atomic mass is 16.1. The zero-order chi connectivity index (χ0) is 13.7. The van der Waals surface area contributed by atoms with E-state index in [2.05, 4.69) is 52.3 Å². The van der Waals surface area contributed by atoms with Crippen molar-refractivity contribution in [3.63, 3.8) is 0 Å². The van der Waals surface area contributed by atoms with Crippen LogP contribution in [0.4, 0.5) is 0 Å². The van der Waals surface area contributed by atoms with E-state index in [9.17, 15) is 4.79 Å². The molecule has 1 unspecified atom stereocenters. The van der Waals surface area contributed by atoms with Crippen molar-refractivity contribution < 1.29 is 9.37 Å². The lowest BCUT2D eigenvalue weighted by Crippen LogP contribution is -2.42. The van der Waals surface area contributed by atoms with E-state index in [1.165, 1.54) is 5.56 Å². The quantitative estimate of drug-likeness (QED) is 0.813. The zero-order valence-electron chi connectivity index (χ0n) is 11.7. The topological polar surface area (TPSA) is 35.4 Å². The molecule has 1 amide bonds. The van der Waals surface area contributed by atoms with E-state index in [0.29, 0.717) is 0 Å². The molecule has 19 heavy (non-hydrogen) atoms. The third-order valence-electron chi connectivity index (χ3n) is 3.29. The molecular formula is C15H22N3O+. The van der Waals surface area contributed by atoms with Gasteiger partial charge in [0.2, 0.25) is 5.91 Å². The minimum Gasteiger partial charge on any atom is -0.343 e. The summed E-state index contributed by atoms with van der Waals surface area (Å²) in [5.41, 5.74) is 1.30. The fourth-order valence-electron chi connectivity index (χ4n) is 2.40. The standard InChI is InChI=1S/C15H21N3O/c1-13(19)16-15-11-17(2)8-9-18(12-15)10-14-6-4-3-5-7-14/h3-7,12,15H,8-11H2,1-2H3/p+1. The summed E-state index contributed by atoms with van der Waals surface area (Å²) in [6, 6.07) is 10.5. The maximum absolute atomic E-state index is 11.2. The normalized spacial score (nSPS) is 20.5. The first kappa shape index (κ1) is 13.7. The molecule has 0 fully saturated rings. The summed E-state index contributed by atoms with van der Waals surface area (Å²) in [5, 5.41) is 2.99. The molecule has 0 saturated heterocycles. The van der Waals surface area contributed by atoms with E-state index < -0.39 is 0 Å². The lowest BCUT2D eigenvalue weighted by Gasteiger charge is -2.16. The number of benzene rings is 1. The highest BCUT2D eigenvalue weighted by Crippen LogP contribution is 2.02. The lowest BCUT2D eigenvalue weighted by molar-refractivity contribution is -0.539. The predicted octanol–water partition coefficient (Wildman–Crippen LogP) is 0.720. The minimum absolute atomic E-state index is 0.0243. The van der Waals surface area contributed by atoms with Crippen LogP contribution in [0.15, 0.2) is 30.3 Å². The second kappa shape index (κ2) is 6.48. The number of likely N-dealkylation sites (N-methyl/N-ethyl adjacent to an activating group) is 1. The second-order valence-corrected chi connectivity index (χ2v) is 5.17. The summed E-state index contributed by atoms with van der Waals surface area (Å²) in [4.78, 5) is 13.5. The number of hydrogen-bond donors (Lipinski definition) is 1. The summed E-state index contributed by atoms with van der Waals surface area (Å²) in [6.07, 6.45) is 2.15. The molecule has 1 N–H and O–H groups in total. The number of amides is 1. The van der Waals surface area contributed by atoms with Gasteiger partial charge >= 0.3 is 0 Å². The van der Waals surface area contributed by atoms with Gasteiger partial charge < -0.3 is 5.32 Å². The van der Waals surface area contributed by atoms with Crippen LogP contribution >= 0.6 is 0 Å². The SMILES string of the molecule is CC(=O)NC1C=[N+](Cc2ccccc2)CCN(C)C1. The highest BCUT2D eigenvalue weighted by molar-refractivity contribution is 5.77. The minimum atomic E-state index is 0.0243. The number of rotatable bonds is 3. The van der Waals surface area contributed by atoms with Crippen molar-refractivity contribution in [3.8, 4) is 0 Å². The molecule has 1 atom stereocenters. The first-order valence-corrected chi connectivity index (χ1v) is 6.72. The van der Waals surface area contributed by atoms with Crippen LogP contribution in [-0.2, 0) is 11.3 Å². The van der Waals surface area contributed by atoms with Crippen molar-refractivity contribution in [3.05, 3.63) is 35.9 Å². The van der Waals surface area contributed by atoms with E-state index in [1.54, 1.807) is 6.92 Å². The van der Waals surface area contributed by atoms with Crippen molar-refractivity contribution in [2.75, 3.05) is 26.7 Å². The van der Waals surface area contributed by atoms with Gasteiger partial charge in [-0.05, 0) is 7.05 Å². The fourth-order valence-corrected chi connectivity index (χ4v) is 2.40. The van der Waals surface area contributed by atoms with Crippen molar-refractivity contribution in [1.82, 2.24) is 10.2 Å². The molecule has 0 radical (unpaired) electrons. The van der Waals surface area contributed by atoms with Gasteiger partial charge in [0.1, 0.15) is 6.04 Å². The summed E-state index contributed by atoms with van der Waals surface area (Å²) >= 11 is 0. The van der Waals surface area contributed by atoms with Gasteiger partial charge in [-0.1, -0.05) is 30.3 Å². The number of carbonyl (C=O) groups is 1. The Morgan fingerprint density at radius 1 is 1.42 bits per heavy atom. The monoisotopic (exact) mass is 260 g/mol. The van der Waals surface area contributed by atoms with Crippen LogP contribution in [0.3, 0.4) is 0 Å². The Labute approximate surface area is 114 Å². The third kappa shape index (κ3) is 4.48. The summed E-state index contributed by atoms with van der Waals surface area (Å²) in [6.45, 7) is 5.33. The molecule has 1 aromatic rings. The van der Waals surface area contributed by atoms with Gasteiger partial charge in [-0.3, -0.25) is 9.69 Å². The molecule has 1 aliphatic rings. The number of nitrogens with zero attached hydrogens (tertiary/aromatic N) is 2. The first-order chi connectivity index (χ1) is 9.13. The van der Waals surface area contributed by atoms with Crippen LogP contribution in [0.25, 0.3) is 0 Å². The molecule has 4 nitrogen and oxygen atoms in total. The molecule has 0 aliphatic carbocycles. The predicted molar refractivity (Wildman–Crippen MR) is 76.4 cm³/mol. The van der Waals surface area contributed by atoms with Crippen molar-refractivity contribution >= 4 is 12.1 Å². The van der Waals surface area contributed by atoms with Crippen LogP contribution < -0.4 is 5.32 Å². The average molecular weight is 260 g/mol. The Bertz CT molecular complexity index is 456. The number of hydrogen-bond acceptors (Lipinski definition) is 2. The molecule has 102 valence electrons. The Balaban J connectivity index is 2.08. The number of carbonyl (C=O) groups excluding carboxylic acids is 1. The Morgan fingerprint density at radius 3 is 2.84 bits per heavy atom. The maximum Gasteiger partial charge on any atom is 0.217 e. The third-order valence-corrected chi connectivity index (χ3v) is 3.29. The highest BCUT2D eigenvalue weighted by Gasteiger charge is 2.20. The molecule has 1 aromatic carbocycles. The Morgan fingerprint density at radius 2 is 2.16 bits per heavy atom. The van der Waals surface area contributed by atoms with Crippen molar-refractivity contribution in [2.45, 2.75) is 19.5 Å². The van der Waals surface area contributed by atoms with E-state index in [1.807, 2.05) is 6.07 Å². The van der Waals surface area contributed by atoms with Gasteiger partial charge in [-0.25, -0.2) is 4.58 Å². The van der Waals surface area contributed by atoms with Crippen LogP contribution in [0.1, 0.15) is 12.5 Å². The lowest BCUT2D eigenvalue weighted by atomic mass is 10.2. The van der Waals surface area contributed by atoms with E-state index in [-0.39, 0.29) is 11.9 Å². The molecule has 2 rings (SSSR count). The number of nitrogens with one attached hydrogen (secondary N) is 1. The molecule has 0 bridgehead atoms. The first-order valence-electron chi connectivity index (χ1n) is 6.72. The molecule has 1 aliphatic heterocycles. The summed E-state index contributed by atoms with van der Waals surface area (Å²) in [5.74, 6) is 0.0243. The van der Waals surface area contributed by atoms with E-state index in [0.717, 1.165) is 26.2 Å². The second-order valence-electron chi connectivity index (χ2n) is 5.17. The van der Waals surface area contributed by atoms with E-state index in [4.69, 9.17) is 0 Å².